The van der Waals surface area contributed by atoms with Crippen LogP contribution in [0.1, 0.15) is 57.6 Å². The fraction of sp³-hybridized carbons (Fsp3) is 0.500. The van der Waals surface area contributed by atoms with E-state index < -0.39 is 9.76 Å². The van der Waals surface area contributed by atoms with Crippen LogP contribution in [0.4, 0.5) is 0 Å². The van der Waals surface area contributed by atoms with Gasteiger partial charge in [-0.2, -0.15) is 0 Å². The van der Waals surface area contributed by atoms with Crippen LogP contribution in [0, 0.1) is 0 Å². The van der Waals surface area contributed by atoms with Crippen LogP contribution in [0.15, 0.2) is 30.4 Å². The Morgan fingerprint density at radius 1 is 1.19 bits per heavy atom. The summed E-state index contributed by atoms with van der Waals surface area (Å²) in [5.41, 5.74) is 3.37. The molecule has 0 aliphatic heterocycles. The Labute approximate surface area is 131 Å². The van der Waals surface area contributed by atoms with E-state index in [1.165, 1.54) is 42.0 Å². The van der Waals surface area contributed by atoms with Crippen molar-refractivity contribution in [3.8, 4) is 0 Å². The van der Waals surface area contributed by atoms with E-state index in [-0.39, 0.29) is 5.97 Å². The third kappa shape index (κ3) is 5.88. The van der Waals surface area contributed by atoms with E-state index in [1.54, 1.807) is 6.92 Å². The van der Waals surface area contributed by atoms with Crippen LogP contribution in [-0.2, 0) is 22.1 Å². The van der Waals surface area contributed by atoms with Crippen LogP contribution in [0.25, 0.3) is 0 Å². The normalized spacial score (nSPS) is 11.0. The summed E-state index contributed by atoms with van der Waals surface area (Å²) in [7, 11) is -1.01. The van der Waals surface area contributed by atoms with E-state index in [1.807, 2.05) is 0 Å². The Hall–Kier alpha value is -1.35. The molecule has 0 radical (unpaired) electrons. The molecule has 0 aliphatic carbocycles. The van der Waals surface area contributed by atoms with Gasteiger partial charge in [-0.25, -0.2) is 4.79 Å². The zero-order valence-electron chi connectivity index (χ0n) is 13.7. The largest absolute Gasteiger partial charge is 0.517 e. The van der Waals surface area contributed by atoms with Gasteiger partial charge in [-0.15, -0.1) is 0 Å². The van der Waals surface area contributed by atoms with Crippen LogP contribution >= 0.6 is 0 Å². The van der Waals surface area contributed by atoms with Crippen molar-refractivity contribution in [2.24, 2.45) is 0 Å². The first-order valence-corrected chi connectivity index (χ1v) is 9.30. The minimum atomic E-state index is -1.01. The number of benzene rings is 1. The van der Waals surface area contributed by atoms with Gasteiger partial charge in [-0.05, 0) is 48.9 Å². The van der Waals surface area contributed by atoms with Gasteiger partial charge in [-0.1, -0.05) is 51.5 Å². The standard InChI is InChI=1S/C18H28O2Si/c1-5-7-10-15-11-9-13-17(16(15)12-8-6-2)21-20-18(19)14(3)4/h9,11,13H,3,5-8,10,12,21H2,1-2,4H3. The highest BCUT2D eigenvalue weighted by atomic mass is 28.2. The maximum atomic E-state index is 11.6. The van der Waals surface area contributed by atoms with E-state index in [0.717, 1.165) is 12.8 Å². The highest BCUT2D eigenvalue weighted by molar-refractivity contribution is 6.50. The van der Waals surface area contributed by atoms with E-state index in [2.05, 4.69) is 38.6 Å². The van der Waals surface area contributed by atoms with E-state index in [9.17, 15) is 4.79 Å². The van der Waals surface area contributed by atoms with Crippen LogP contribution in [0.3, 0.4) is 0 Å². The summed E-state index contributed by atoms with van der Waals surface area (Å²) in [6.07, 6.45) is 7.04. The summed E-state index contributed by atoms with van der Waals surface area (Å²) in [5.74, 6) is -0.248. The Kier molecular flexibility index (Phi) is 8.06. The molecule has 0 saturated carbocycles. The number of hydrogen-bond acceptors (Lipinski definition) is 2. The number of rotatable bonds is 9. The zero-order valence-corrected chi connectivity index (χ0v) is 15.1. The van der Waals surface area contributed by atoms with Gasteiger partial charge in [0.05, 0.1) is 0 Å². The maximum Gasteiger partial charge on any atom is 0.319 e. The monoisotopic (exact) mass is 304 g/mol. The maximum absolute atomic E-state index is 11.6. The molecule has 0 saturated heterocycles. The number of hydrogen-bond donors (Lipinski definition) is 0. The third-order valence-electron chi connectivity index (χ3n) is 3.66. The first kappa shape index (κ1) is 17.7. The second-order valence-electron chi connectivity index (χ2n) is 5.62. The van der Waals surface area contributed by atoms with Gasteiger partial charge in [-0.3, -0.25) is 0 Å². The Morgan fingerprint density at radius 2 is 1.86 bits per heavy atom. The molecule has 0 aromatic heterocycles. The summed E-state index contributed by atoms with van der Waals surface area (Å²) >= 11 is 0. The van der Waals surface area contributed by atoms with Crippen molar-refractivity contribution in [3.05, 3.63) is 41.5 Å². The molecule has 0 unspecified atom stereocenters. The topological polar surface area (TPSA) is 26.3 Å². The quantitative estimate of drug-likeness (QED) is 0.517. The van der Waals surface area contributed by atoms with Crippen LogP contribution in [0.2, 0.25) is 0 Å². The van der Waals surface area contributed by atoms with Crippen molar-refractivity contribution in [1.29, 1.82) is 0 Å². The first-order chi connectivity index (χ1) is 10.1. The van der Waals surface area contributed by atoms with Crippen LogP contribution < -0.4 is 5.19 Å². The predicted molar refractivity (Wildman–Crippen MR) is 92.8 cm³/mol. The molecule has 0 bridgehead atoms. The molecule has 0 fully saturated rings. The van der Waals surface area contributed by atoms with Gasteiger partial charge in [0.25, 0.3) is 9.76 Å². The molecule has 1 rings (SSSR count). The smallest absolute Gasteiger partial charge is 0.319 e. The number of aryl methyl sites for hydroxylation is 1. The van der Waals surface area contributed by atoms with E-state index in [4.69, 9.17) is 4.43 Å². The average molecular weight is 305 g/mol. The van der Waals surface area contributed by atoms with Crippen molar-refractivity contribution in [2.75, 3.05) is 0 Å². The molecule has 0 N–H and O–H groups in total. The lowest BCUT2D eigenvalue weighted by Crippen LogP contribution is -2.26. The molecule has 116 valence electrons. The lowest BCUT2D eigenvalue weighted by molar-refractivity contribution is -0.129. The molecule has 0 heterocycles. The summed E-state index contributed by atoms with van der Waals surface area (Å²) in [5, 5.41) is 1.28. The van der Waals surface area contributed by atoms with Crippen molar-refractivity contribution in [3.63, 3.8) is 0 Å². The van der Waals surface area contributed by atoms with Crippen LogP contribution in [-0.4, -0.2) is 15.7 Å². The van der Waals surface area contributed by atoms with E-state index >= 15 is 0 Å². The summed E-state index contributed by atoms with van der Waals surface area (Å²) in [6.45, 7) is 9.78. The van der Waals surface area contributed by atoms with Gasteiger partial charge in [0, 0.05) is 5.57 Å². The lowest BCUT2D eigenvalue weighted by atomic mass is 9.98. The summed E-state index contributed by atoms with van der Waals surface area (Å²) in [6, 6.07) is 6.48. The minimum absolute atomic E-state index is 0.248. The minimum Gasteiger partial charge on any atom is -0.517 e. The Bertz CT molecular complexity index is 480. The molecule has 21 heavy (non-hydrogen) atoms. The molecule has 1 aromatic carbocycles. The predicted octanol–water partition coefficient (Wildman–Crippen LogP) is 3.20. The van der Waals surface area contributed by atoms with Gasteiger partial charge in [0.1, 0.15) is 0 Å². The molecule has 0 amide bonds. The Morgan fingerprint density at radius 3 is 2.48 bits per heavy atom. The zero-order chi connectivity index (χ0) is 15.7. The third-order valence-corrected chi connectivity index (χ3v) is 5.04. The molecule has 0 atom stereocenters. The summed E-state index contributed by atoms with van der Waals surface area (Å²) < 4.78 is 5.47. The molecular formula is C18H28O2Si. The molecule has 0 aliphatic rings. The van der Waals surface area contributed by atoms with Gasteiger partial charge in [0.2, 0.25) is 0 Å². The number of unbranched alkanes of at least 4 members (excludes halogenated alkanes) is 2. The van der Waals surface area contributed by atoms with E-state index in [0.29, 0.717) is 5.57 Å². The van der Waals surface area contributed by atoms with Gasteiger partial charge >= 0.3 is 5.97 Å². The lowest BCUT2D eigenvalue weighted by Gasteiger charge is -2.15. The Balaban J connectivity index is 2.89. The molecule has 2 nitrogen and oxygen atoms in total. The molecule has 1 aromatic rings. The first-order valence-electron chi connectivity index (χ1n) is 8.02. The molecular weight excluding hydrogens is 276 g/mol. The van der Waals surface area contributed by atoms with Gasteiger partial charge < -0.3 is 4.43 Å². The molecule has 3 heteroatoms. The SMILES string of the molecule is C=C(C)C(=O)O[SiH2]c1cccc(CCCC)c1CCCC. The van der Waals surface area contributed by atoms with Crippen molar-refractivity contribution >= 4 is 20.9 Å². The highest BCUT2D eigenvalue weighted by Crippen LogP contribution is 2.13. The van der Waals surface area contributed by atoms with Crippen molar-refractivity contribution in [2.45, 2.75) is 59.3 Å². The van der Waals surface area contributed by atoms with Crippen molar-refractivity contribution in [1.82, 2.24) is 0 Å². The number of carbonyl (C=O) groups is 1. The second-order valence-corrected chi connectivity index (χ2v) is 6.96. The summed E-state index contributed by atoms with van der Waals surface area (Å²) in [4.78, 5) is 11.6. The highest BCUT2D eigenvalue weighted by Gasteiger charge is 2.11. The van der Waals surface area contributed by atoms with Crippen molar-refractivity contribution < 1.29 is 9.22 Å². The molecule has 0 spiro atoms. The second kappa shape index (κ2) is 9.56. The fourth-order valence-corrected chi connectivity index (χ4v) is 3.71. The number of carbonyl (C=O) groups excluding carboxylic acids is 1. The van der Waals surface area contributed by atoms with Crippen LogP contribution in [0.5, 0.6) is 0 Å². The fourth-order valence-electron chi connectivity index (χ4n) is 2.37. The average Bonchev–Trinajstić information content (AvgIpc) is 2.48. The van der Waals surface area contributed by atoms with Gasteiger partial charge in [0.15, 0.2) is 0 Å².